The minimum atomic E-state index is -1.39. The first kappa shape index (κ1) is 22.2. The molecule has 0 aliphatic rings. The number of unbranched alkanes of at least 4 members (excludes halogenated alkanes) is 7. The first-order valence-corrected chi connectivity index (χ1v) is 15.5. The van der Waals surface area contributed by atoms with E-state index >= 15 is 0 Å². The van der Waals surface area contributed by atoms with Gasteiger partial charge in [-0.25, -0.2) is 0 Å². The summed E-state index contributed by atoms with van der Waals surface area (Å²) in [7, 11) is 0. The fourth-order valence-electron chi connectivity index (χ4n) is 3.99. The molecule has 0 nitrogen and oxygen atoms in total. The van der Waals surface area contributed by atoms with Crippen LogP contribution in [0.2, 0.25) is 0 Å². The summed E-state index contributed by atoms with van der Waals surface area (Å²) >= 11 is 3.02. The van der Waals surface area contributed by atoms with Gasteiger partial charge in [0.2, 0.25) is 0 Å². The van der Waals surface area contributed by atoms with Gasteiger partial charge in [0.1, 0.15) is 0 Å². The van der Waals surface area contributed by atoms with E-state index in [-0.39, 0.29) is 0 Å². The molecule has 0 spiro atoms. The van der Waals surface area contributed by atoms with Crippen molar-refractivity contribution in [1.29, 1.82) is 0 Å². The van der Waals surface area contributed by atoms with E-state index in [0.29, 0.717) is 0 Å². The quantitative estimate of drug-likeness (QED) is 0.140. The zero-order chi connectivity index (χ0) is 16.1. The van der Waals surface area contributed by atoms with Crippen LogP contribution in [0.25, 0.3) is 0 Å². The molecule has 0 amide bonds. The normalized spacial score (nSPS) is 14.0. The van der Waals surface area contributed by atoms with Crippen molar-refractivity contribution in [2.24, 2.45) is 0 Å². The standard InChI is InChI=1S/C19H42IP/c1-5-9-10-11-12-13-14-15-19-21(20,16-6-2,17-7-3)18-8-4/h5-19H2,1-4H3. The van der Waals surface area contributed by atoms with Crippen LogP contribution in [-0.4, -0.2) is 24.6 Å². The van der Waals surface area contributed by atoms with E-state index < -0.39 is 4.25 Å². The van der Waals surface area contributed by atoms with Crippen LogP contribution in [0.5, 0.6) is 0 Å². The first-order chi connectivity index (χ1) is 10.0. The van der Waals surface area contributed by atoms with E-state index in [1.165, 1.54) is 70.6 Å². The first-order valence-electron chi connectivity index (χ1n) is 9.76. The van der Waals surface area contributed by atoms with Crippen LogP contribution in [0.3, 0.4) is 0 Å². The molecule has 130 valence electrons. The molecule has 2 heteroatoms. The monoisotopic (exact) mass is 428 g/mol. The van der Waals surface area contributed by atoms with Crippen molar-refractivity contribution in [3.05, 3.63) is 0 Å². The maximum absolute atomic E-state index is 3.02. The summed E-state index contributed by atoms with van der Waals surface area (Å²) in [5.41, 5.74) is 0. The average Bonchev–Trinajstić information content (AvgIpc) is 2.43. The van der Waals surface area contributed by atoms with E-state index in [2.05, 4.69) is 49.7 Å². The van der Waals surface area contributed by atoms with Crippen molar-refractivity contribution in [3.8, 4) is 0 Å². The molecule has 21 heavy (non-hydrogen) atoms. The van der Waals surface area contributed by atoms with Crippen LogP contribution in [0, 0.1) is 0 Å². The second kappa shape index (κ2) is 12.6. The van der Waals surface area contributed by atoms with Crippen LogP contribution >= 0.6 is 26.3 Å². The molecule has 0 N–H and O–H groups in total. The van der Waals surface area contributed by atoms with Crippen molar-refractivity contribution < 1.29 is 0 Å². The Hall–Kier alpha value is 1.16. The van der Waals surface area contributed by atoms with Crippen LogP contribution < -0.4 is 0 Å². The van der Waals surface area contributed by atoms with Gasteiger partial charge in [0.25, 0.3) is 0 Å². The average molecular weight is 428 g/mol. The Kier molecular flexibility index (Phi) is 13.3. The third-order valence-corrected chi connectivity index (χ3v) is 16.8. The second-order valence-corrected chi connectivity index (χ2v) is 20.8. The Balaban J connectivity index is 4.12. The zero-order valence-electron chi connectivity index (χ0n) is 15.4. The van der Waals surface area contributed by atoms with Gasteiger partial charge in [-0.2, -0.15) is 0 Å². The Bertz CT molecular complexity index is 220. The summed E-state index contributed by atoms with van der Waals surface area (Å²) in [6, 6.07) is 0. The Morgan fingerprint density at radius 2 is 0.857 bits per heavy atom. The summed E-state index contributed by atoms with van der Waals surface area (Å²) in [4.78, 5) is 0. The van der Waals surface area contributed by atoms with Gasteiger partial charge in [0.05, 0.1) is 0 Å². The molecule has 0 heterocycles. The van der Waals surface area contributed by atoms with Gasteiger partial charge in [-0.1, -0.05) is 0 Å². The molecular weight excluding hydrogens is 386 g/mol. The molecular formula is C19H42IP. The topological polar surface area (TPSA) is 0 Å². The van der Waals surface area contributed by atoms with Gasteiger partial charge in [0, 0.05) is 0 Å². The van der Waals surface area contributed by atoms with Gasteiger partial charge in [-0.3, -0.25) is 0 Å². The molecule has 0 bridgehead atoms. The third kappa shape index (κ3) is 9.80. The van der Waals surface area contributed by atoms with E-state index in [0.717, 1.165) is 0 Å². The van der Waals surface area contributed by atoms with Gasteiger partial charge >= 0.3 is 149 Å². The molecule has 0 radical (unpaired) electrons. The molecule has 0 saturated carbocycles. The molecule has 0 unspecified atom stereocenters. The Morgan fingerprint density at radius 1 is 0.476 bits per heavy atom. The van der Waals surface area contributed by atoms with Crippen LogP contribution in [0.4, 0.5) is 0 Å². The van der Waals surface area contributed by atoms with E-state index in [1.54, 1.807) is 24.6 Å². The van der Waals surface area contributed by atoms with E-state index in [4.69, 9.17) is 0 Å². The second-order valence-electron chi connectivity index (χ2n) is 7.19. The summed E-state index contributed by atoms with van der Waals surface area (Å²) in [6.45, 7) is 9.51. The summed E-state index contributed by atoms with van der Waals surface area (Å²) < 4.78 is -1.39. The molecule has 0 aromatic rings. The van der Waals surface area contributed by atoms with Crippen molar-refractivity contribution in [1.82, 2.24) is 0 Å². The zero-order valence-corrected chi connectivity index (χ0v) is 18.5. The van der Waals surface area contributed by atoms with Gasteiger partial charge in [-0.05, 0) is 0 Å². The van der Waals surface area contributed by atoms with Crippen LogP contribution in [-0.2, 0) is 0 Å². The van der Waals surface area contributed by atoms with Crippen molar-refractivity contribution >= 4 is 26.3 Å². The minimum absolute atomic E-state index is 1.37. The fraction of sp³-hybridized carbons (Fsp3) is 1.00. The Morgan fingerprint density at radius 3 is 1.24 bits per heavy atom. The predicted molar refractivity (Wildman–Crippen MR) is 114 cm³/mol. The fourth-order valence-corrected chi connectivity index (χ4v) is 15.1. The molecule has 0 aromatic carbocycles. The predicted octanol–water partition coefficient (Wildman–Crippen LogP) is 8.26. The maximum atomic E-state index is 3.02. The molecule has 0 aliphatic carbocycles. The molecule has 0 rings (SSSR count). The van der Waals surface area contributed by atoms with Crippen molar-refractivity contribution in [2.75, 3.05) is 24.6 Å². The number of rotatable bonds is 15. The number of hydrogen-bond acceptors (Lipinski definition) is 0. The number of hydrogen-bond donors (Lipinski definition) is 0. The third-order valence-electron chi connectivity index (χ3n) is 4.92. The van der Waals surface area contributed by atoms with Crippen molar-refractivity contribution in [3.63, 3.8) is 0 Å². The van der Waals surface area contributed by atoms with Gasteiger partial charge in [-0.15, -0.1) is 0 Å². The van der Waals surface area contributed by atoms with E-state index in [1.807, 2.05) is 0 Å². The summed E-state index contributed by atoms with van der Waals surface area (Å²) in [5.74, 6) is 0. The molecule has 0 aromatic heterocycles. The Labute approximate surface area is 149 Å². The summed E-state index contributed by atoms with van der Waals surface area (Å²) in [5, 5.41) is 0. The summed E-state index contributed by atoms with van der Waals surface area (Å²) in [6.07, 6.45) is 22.1. The van der Waals surface area contributed by atoms with Crippen molar-refractivity contribution in [2.45, 2.75) is 98.3 Å². The van der Waals surface area contributed by atoms with Gasteiger partial charge < -0.3 is 0 Å². The SMILES string of the molecule is CCCCCCCCCCP(I)(CCC)(CCC)CCC. The number of halogens is 1. The van der Waals surface area contributed by atoms with Gasteiger partial charge in [0.15, 0.2) is 0 Å². The molecule has 0 fully saturated rings. The molecule has 0 atom stereocenters. The molecule has 0 saturated heterocycles. The van der Waals surface area contributed by atoms with Crippen LogP contribution in [0.1, 0.15) is 98.3 Å². The molecule has 0 aliphatic heterocycles. The van der Waals surface area contributed by atoms with Crippen LogP contribution in [0.15, 0.2) is 0 Å². The van der Waals surface area contributed by atoms with E-state index in [9.17, 15) is 0 Å².